The van der Waals surface area contributed by atoms with E-state index in [9.17, 15) is 4.79 Å². The van der Waals surface area contributed by atoms with Gasteiger partial charge < -0.3 is 5.73 Å². The summed E-state index contributed by atoms with van der Waals surface area (Å²) in [4.78, 5) is 11.8. The maximum absolute atomic E-state index is 11.8. The smallest absolute Gasteiger partial charge is 0.271 e. The third-order valence-electron chi connectivity index (χ3n) is 2.66. The number of nitrogens with one attached hydrogen (secondary N) is 1. The van der Waals surface area contributed by atoms with Crippen LogP contribution in [0.25, 0.3) is 0 Å². The molecule has 1 amide bonds. The van der Waals surface area contributed by atoms with Gasteiger partial charge in [-0.05, 0) is 30.0 Å². The van der Waals surface area contributed by atoms with Crippen LogP contribution in [-0.4, -0.2) is 18.2 Å². The normalized spacial score (nSPS) is 12.4. The van der Waals surface area contributed by atoms with Crippen LogP contribution in [-0.2, 0) is 5.41 Å². The van der Waals surface area contributed by atoms with Gasteiger partial charge in [0, 0.05) is 17.8 Å². The molecule has 18 heavy (non-hydrogen) atoms. The highest BCUT2D eigenvalue weighted by Crippen LogP contribution is 2.22. The van der Waals surface area contributed by atoms with Gasteiger partial charge >= 0.3 is 0 Å². The number of carbonyl (C=O) groups is 1. The summed E-state index contributed by atoms with van der Waals surface area (Å²) >= 11 is 0. The SMILES string of the molecule is CC(CN)=NNC(=O)c1ccc(C(C)(C)C)cc1. The average Bonchev–Trinajstić information content (AvgIpc) is 2.34. The first kappa shape index (κ1) is 14.4. The quantitative estimate of drug-likeness (QED) is 0.634. The van der Waals surface area contributed by atoms with Gasteiger partial charge in [-0.15, -0.1) is 0 Å². The van der Waals surface area contributed by atoms with Gasteiger partial charge in [-0.3, -0.25) is 4.79 Å². The number of hydrogen-bond donors (Lipinski definition) is 2. The summed E-state index contributed by atoms with van der Waals surface area (Å²) in [6.07, 6.45) is 0. The van der Waals surface area contributed by atoms with E-state index in [-0.39, 0.29) is 11.3 Å². The summed E-state index contributed by atoms with van der Waals surface area (Å²) in [5, 5.41) is 3.88. The van der Waals surface area contributed by atoms with Crippen LogP contribution in [0.1, 0.15) is 43.6 Å². The maximum Gasteiger partial charge on any atom is 0.271 e. The van der Waals surface area contributed by atoms with Gasteiger partial charge in [0.15, 0.2) is 0 Å². The van der Waals surface area contributed by atoms with E-state index in [0.717, 1.165) is 0 Å². The van der Waals surface area contributed by atoms with E-state index in [2.05, 4.69) is 31.3 Å². The Morgan fingerprint density at radius 3 is 2.28 bits per heavy atom. The van der Waals surface area contributed by atoms with Crippen molar-refractivity contribution >= 4 is 11.6 Å². The minimum Gasteiger partial charge on any atom is -0.325 e. The van der Waals surface area contributed by atoms with Crippen LogP contribution in [0.3, 0.4) is 0 Å². The monoisotopic (exact) mass is 247 g/mol. The Bertz CT molecular complexity index is 441. The van der Waals surface area contributed by atoms with Crippen molar-refractivity contribution in [1.29, 1.82) is 0 Å². The molecule has 1 aromatic rings. The molecule has 4 heteroatoms. The Morgan fingerprint density at radius 1 is 1.28 bits per heavy atom. The van der Waals surface area contributed by atoms with Gasteiger partial charge in [0.2, 0.25) is 0 Å². The fraction of sp³-hybridized carbons (Fsp3) is 0.429. The highest BCUT2D eigenvalue weighted by atomic mass is 16.2. The molecule has 0 aliphatic carbocycles. The molecular formula is C14H21N3O. The first-order valence-corrected chi connectivity index (χ1v) is 5.98. The standard InChI is InChI=1S/C14H21N3O/c1-10(9-15)16-17-13(18)11-5-7-12(8-6-11)14(2,3)4/h5-8H,9,15H2,1-4H3,(H,17,18). The summed E-state index contributed by atoms with van der Waals surface area (Å²) in [5.74, 6) is -0.219. The van der Waals surface area contributed by atoms with Crippen LogP contribution in [0.2, 0.25) is 0 Å². The first-order chi connectivity index (χ1) is 8.34. The van der Waals surface area contributed by atoms with E-state index in [0.29, 0.717) is 17.8 Å². The summed E-state index contributed by atoms with van der Waals surface area (Å²) in [6, 6.07) is 7.55. The Hall–Kier alpha value is -1.68. The van der Waals surface area contributed by atoms with E-state index in [1.54, 1.807) is 6.92 Å². The molecule has 0 saturated heterocycles. The second kappa shape index (κ2) is 5.78. The molecule has 1 aromatic carbocycles. The van der Waals surface area contributed by atoms with Crippen molar-refractivity contribution in [2.75, 3.05) is 6.54 Å². The lowest BCUT2D eigenvalue weighted by Crippen LogP contribution is -2.22. The number of nitrogens with two attached hydrogens (primary N) is 1. The zero-order chi connectivity index (χ0) is 13.8. The highest BCUT2D eigenvalue weighted by Gasteiger charge is 2.14. The second-order valence-corrected chi connectivity index (χ2v) is 5.32. The topological polar surface area (TPSA) is 67.5 Å². The number of hydrogen-bond acceptors (Lipinski definition) is 3. The summed E-state index contributed by atoms with van der Waals surface area (Å²) in [6.45, 7) is 8.51. The van der Waals surface area contributed by atoms with Crippen molar-refractivity contribution in [1.82, 2.24) is 5.43 Å². The molecule has 0 saturated carbocycles. The molecule has 4 nitrogen and oxygen atoms in total. The molecular weight excluding hydrogens is 226 g/mol. The van der Waals surface area contributed by atoms with Crippen LogP contribution in [0.4, 0.5) is 0 Å². The van der Waals surface area contributed by atoms with Crippen LogP contribution in [0, 0.1) is 0 Å². The zero-order valence-corrected chi connectivity index (χ0v) is 11.4. The Morgan fingerprint density at radius 2 is 1.83 bits per heavy atom. The molecule has 0 aromatic heterocycles. The lowest BCUT2D eigenvalue weighted by Gasteiger charge is -2.18. The lowest BCUT2D eigenvalue weighted by atomic mass is 9.87. The molecule has 0 bridgehead atoms. The van der Waals surface area contributed by atoms with E-state index in [1.807, 2.05) is 24.3 Å². The molecule has 0 radical (unpaired) electrons. The lowest BCUT2D eigenvalue weighted by molar-refractivity contribution is 0.0954. The molecule has 0 aliphatic heterocycles. The zero-order valence-electron chi connectivity index (χ0n) is 11.4. The van der Waals surface area contributed by atoms with Crippen LogP contribution in [0.5, 0.6) is 0 Å². The number of amides is 1. The summed E-state index contributed by atoms with van der Waals surface area (Å²) < 4.78 is 0. The third-order valence-corrected chi connectivity index (χ3v) is 2.66. The third kappa shape index (κ3) is 3.96. The largest absolute Gasteiger partial charge is 0.325 e. The number of nitrogens with zero attached hydrogens (tertiary/aromatic N) is 1. The van der Waals surface area contributed by atoms with E-state index in [4.69, 9.17) is 5.73 Å². The Labute approximate surface area is 108 Å². The Balaban J connectivity index is 2.77. The average molecular weight is 247 g/mol. The second-order valence-electron chi connectivity index (χ2n) is 5.32. The van der Waals surface area contributed by atoms with Gasteiger partial charge in [-0.2, -0.15) is 5.10 Å². The van der Waals surface area contributed by atoms with Crippen LogP contribution < -0.4 is 11.2 Å². The predicted octanol–water partition coefficient (Wildman–Crippen LogP) is 2.05. The molecule has 0 aliphatic rings. The molecule has 3 N–H and O–H groups in total. The van der Waals surface area contributed by atoms with Gasteiger partial charge in [-0.1, -0.05) is 32.9 Å². The van der Waals surface area contributed by atoms with Crippen molar-refractivity contribution in [2.45, 2.75) is 33.1 Å². The summed E-state index contributed by atoms with van der Waals surface area (Å²) in [5.41, 5.74) is 10.4. The predicted molar refractivity (Wildman–Crippen MR) is 74.8 cm³/mol. The van der Waals surface area contributed by atoms with Crippen LogP contribution in [0.15, 0.2) is 29.4 Å². The minimum atomic E-state index is -0.219. The maximum atomic E-state index is 11.8. The van der Waals surface area contributed by atoms with Gasteiger partial charge in [0.1, 0.15) is 0 Å². The summed E-state index contributed by atoms with van der Waals surface area (Å²) in [7, 11) is 0. The molecule has 0 atom stereocenters. The van der Waals surface area contributed by atoms with Crippen molar-refractivity contribution in [3.8, 4) is 0 Å². The van der Waals surface area contributed by atoms with Crippen molar-refractivity contribution in [3.63, 3.8) is 0 Å². The van der Waals surface area contributed by atoms with E-state index in [1.165, 1.54) is 5.56 Å². The number of benzene rings is 1. The fourth-order valence-corrected chi connectivity index (χ4v) is 1.38. The van der Waals surface area contributed by atoms with Crippen LogP contribution >= 0.6 is 0 Å². The van der Waals surface area contributed by atoms with Gasteiger partial charge in [0.25, 0.3) is 5.91 Å². The van der Waals surface area contributed by atoms with E-state index >= 15 is 0 Å². The molecule has 0 spiro atoms. The molecule has 0 unspecified atom stereocenters. The van der Waals surface area contributed by atoms with Crippen molar-refractivity contribution in [3.05, 3.63) is 35.4 Å². The molecule has 1 rings (SSSR count). The number of carbonyl (C=O) groups excluding carboxylic acids is 1. The molecule has 0 fully saturated rings. The van der Waals surface area contributed by atoms with Gasteiger partial charge in [0.05, 0.1) is 0 Å². The first-order valence-electron chi connectivity index (χ1n) is 5.98. The number of hydrazone groups is 1. The Kier molecular flexibility index (Phi) is 4.62. The van der Waals surface area contributed by atoms with E-state index < -0.39 is 0 Å². The van der Waals surface area contributed by atoms with Crippen molar-refractivity contribution < 1.29 is 4.79 Å². The van der Waals surface area contributed by atoms with Crippen molar-refractivity contribution in [2.24, 2.45) is 10.8 Å². The molecule has 98 valence electrons. The molecule has 0 heterocycles. The highest BCUT2D eigenvalue weighted by molar-refractivity contribution is 5.95. The number of rotatable bonds is 3. The minimum absolute atomic E-state index is 0.0866. The fourth-order valence-electron chi connectivity index (χ4n) is 1.38. The van der Waals surface area contributed by atoms with Gasteiger partial charge in [-0.25, -0.2) is 5.43 Å².